The minimum Gasteiger partial charge on any atom is -0.494 e. The number of unbranched alkanes of at least 4 members (excludes halogenated alkanes) is 9. The fraction of sp³-hybridized carbons (Fsp3) is 0.593. The van der Waals surface area contributed by atoms with Crippen molar-refractivity contribution in [1.82, 2.24) is 9.88 Å². The van der Waals surface area contributed by atoms with Crippen LogP contribution < -0.4 is 4.74 Å². The molecule has 0 amide bonds. The predicted molar refractivity (Wildman–Crippen MR) is 128 cm³/mol. The van der Waals surface area contributed by atoms with Crippen molar-refractivity contribution in [3.05, 3.63) is 59.9 Å². The van der Waals surface area contributed by atoms with E-state index in [1.165, 1.54) is 63.4 Å². The molecule has 2 rings (SSSR count). The molecule has 0 atom stereocenters. The van der Waals surface area contributed by atoms with Crippen molar-refractivity contribution in [3.63, 3.8) is 0 Å². The Kier molecular flexibility index (Phi) is 12.9. The molecule has 1 aromatic carbocycles. The summed E-state index contributed by atoms with van der Waals surface area (Å²) in [6, 6.07) is 14.7. The molecule has 0 spiro atoms. The third-order valence-corrected chi connectivity index (χ3v) is 5.62. The minimum atomic E-state index is 0.833. The van der Waals surface area contributed by atoms with Gasteiger partial charge in [0.1, 0.15) is 5.75 Å². The molecule has 0 bridgehead atoms. The first kappa shape index (κ1) is 24.4. The highest BCUT2D eigenvalue weighted by atomic mass is 16.5. The summed E-state index contributed by atoms with van der Waals surface area (Å²) in [7, 11) is 2.17. The predicted octanol–water partition coefficient (Wildman–Crippen LogP) is 7.06. The summed E-state index contributed by atoms with van der Waals surface area (Å²) >= 11 is 0. The summed E-state index contributed by atoms with van der Waals surface area (Å²) in [6.45, 7) is 5.07. The van der Waals surface area contributed by atoms with Crippen molar-refractivity contribution < 1.29 is 4.74 Å². The van der Waals surface area contributed by atoms with Gasteiger partial charge in [0, 0.05) is 31.4 Å². The maximum atomic E-state index is 5.92. The van der Waals surface area contributed by atoms with Crippen LogP contribution >= 0.6 is 0 Å². The van der Waals surface area contributed by atoms with Crippen LogP contribution in [-0.2, 0) is 13.0 Å². The van der Waals surface area contributed by atoms with Gasteiger partial charge in [-0.25, -0.2) is 0 Å². The molecule has 3 nitrogen and oxygen atoms in total. The van der Waals surface area contributed by atoms with Gasteiger partial charge in [0.05, 0.1) is 6.61 Å². The van der Waals surface area contributed by atoms with Crippen LogP contribution in [0, 0.1) is 0 Å². The Hall–Kier alpha value is -1.87. The second kappa shape index (κ2) is 15.9. The molecule has 0 N–H and O–H groups in total. The molecule has 0 saturated carbocycles. The van der Waals surface area contributed by atoms with Gasteiger partial charge in [-0.2, -0.15) is 0 Å². The van der Waals surface area contributed by atoms with E-state index in [9.17, 15) is 0 Å². The van der Waals surface area contributed by atoms with Gasteiger partial charge in [0.25, 0.3) is 0 Å². The zero-order valence-electron chi connectivity index (χ0n) is 19.3. The Balaban J connectivity index is 1.50. The normalized spacial score (nSPS) is 11.2. The summed E-state index contributed by atoms with van der Waals surface area (Å²) in [5.74, 6) is 0.991. The van der Waals surface area contributed by atoms with E-state index in [0.29, 0.717) is 0 Å². The first-order chi connectivity index (χ1) is 14.8. The fourth-order valence-electron chi connectivity index (χ4n) is 3.71. The number of aromatic nitrogens is 1. The lowest BCUT2D eigenvalue weighted by Gasteiger charge is -2.16. The van der Waals surface area contributed by atoms with Crippen LogP contribution in [0.1, 0.15) is 82.4 Å². The SMILES string of the molecule is CCCCCCCCCCCCOc1ccc(CN(C)CCc2ccccn2)cc1. The number of hydrogen-bond acceptors (Lipinski definition) is 3. The first-order valence-electron chi connectivity index (χ1n) is 12.1. The van der Waals surface area contributed by atoms with E-state index in [1.54, 1.807) is 0 Å². The largest absolute Gasteiger partial charge is 0.494 e. The number of likely N-dealkylation sites (N-methyl/N-ethyl adjacent to an activating group) is 1. The van der Waals surface area contributed by atoms with Crippen LogP contribution in [0.2, 0.25) is 0 Å². The number of ether oxygens (including phenoxy) is 1. The molecular weight excluding hydrogens is 368 g/mol. The van der Waals surface area contributed by atoms with Crippen molar-refractivity contribution in [2.45, 2.75) is 84.1 Å². The average molecular weight is 411 g/mol. The Morgan fingerprint density at radius 1 is 0.800 bits per heavy atom. The molecule has 0 fully saturated rings. The van der Waals surface area contributed by atoms with Gasteiger partial charge in [0.2, 0.25) is 0 Å². The van der Waals surface area contributed by atoms with Crippen LogP contribution in [0.3, 0.4) is 0 Å². The molecule has 3 heteroatoms. The number of rotatable bonds is 17. The Morgan fingerprint density at radius 2 is 1.47 bits per heavy atom. The van der Waals surface area contributed by atoms with E-state index in [0.717, 1.165) is 44.0 Å². The van der Waals surface area contributed by atoms with E-state index in [2.05, 4.69) is 60.3 Å². The molecule has 0 radical (unpaired) electrons. The summed E-state index contributed by atoms with van der Waals surface area (Å²) in [4.78, 5) is 6.74. The summed E-state index contributed by atoms with van der Waals surface area (Å²) < 4.78 is 5.92. The molecule has 0 aliphatic heterocycles. The maximum Gasteiger partial charge on any atom is 0.119 e. The zero-order valence-corrected chi connectivity index (χ0v) is 19.3. The molecule has 0 aliphatic carbocycles. The lowest BCUT2D eigenvalue weighted by molar-refractivity contribution is 0.303. The van der Waals surface area contributed by atoms with Crippen LogP contribution in [0.15, 0.2) is 48.7 Å². The highest BCUT2D eigenvalue weighted by molar-refractivity contribution is 5.27. The molecule has 0 saturated heterocycles. The van der Waals surface area contributed by atoms with E-state index < -0.39 is 0 Å². The van der Waals surface area contributed by atoms with E-state index in [-0.39, 0.29) is 0 Å². The van der Waals surface area contributed by atoms with Gasteiger partial charge >= 0.3 is 0 Å². The number of hydrogen-bond donors (Lipinski definition) is 0. The van der Waals surface area contributed by atoms with Crippen molar-refractivity contribution in [2.75, 3.05) is 20.2 Å². The summed E-state index contributed by atoms with van der Waals surface area (Å²) in [5, 5.41) is 0. The second-order valence-corrected chi connectivity index (χ2v) is 8.48. The standard InChI is InChI=1S/C27H42N2O/c1-3-4-5-6-7-8-9-10-11-14-23-30-27-18-16-25(17-19-27)24-29(2)22-20-26-15-12-13-21-28-26/h12-13,15-19,21H,3-11,14,20,22-24H2,1-2H3. The van der Waals surface area contributed by atoms with Crippen molar-refractivity contribution in [1.29, 1.82) is 0 Å². The molecule has 0 aliphatic rings. The topological polar surface area (TPSA) is 25.4 Å². The minimum absolute atomic E-state index is 0.833. The smallest absolute Gasteiger partial charge is 0.119 e. The fourth-order valence-corrected chi connectivity index (χ4v) is 3.71. The molecule has 166 valence electrons. The first-order valence-corrected chi connectivity index (χ1v) is 12.1. The Morgan fingerprint density at radius 3 is 2.10 bits per heavy atom. The van der Waals surface area contributed by atoms with E-state index in [1.807, 2.05) is 12.3 Å². The van der Waals surface area contributed by atoms with E-state index >= 15 is 0 Å². The zero-order chi connectivity index (χ0) is 21.3. The van der Waals surface area contributed by atoms with Gasteiger partial charge in [-0.05, 0) is 43.3 Å². The Bertz CT molecular complexity index is 642. The van der Waals surface area contributed by atoms with Crippen molar-refractivity contribution in [2.24, 2.45) is 0 Å². The third-order valence-electron chi connectivity index (χ3n) is 5.62. The molecule has 2 aromatic rings. The average Bonchev–Trinajstić information content (AvgIpc) is 2.78. The number of nitrogens with zero attached hydrogens (tertiary/aromatic N) is 2. The van der Waals surface area contributed by atoms with Gasteiger partial charge in [-0.1, -0.05) is 82.9 Å². The lowest BCUT2D eigenvalue weighted by atomic mass is 10.1. The van der Waals surface area contributed by atoms with Gasteiger partial charge < -0.3 is 9.64 Å². The van der Waals surface area contributed by atoms with E-state index in [4.69, 9.17) is 4.74 Å². The van der Waals surface area contributed by atoms with Gasteiger partial charge in [-0.3, -0.25) is 4.98 Å². The van der Waals surface area contributed by atoms with Gasteiger partial charge in [-0.15, -0.1) is 0 Å². The molecular formula is C27H42N2O. The monoisotopic (exact) mass is 410 g/mol. The van der Waals surface area contributed by atoms with Crippen LogP contribution in [-0.4, -0.2) is 30.1 Å². The van der Waals surface area contributed by atoms with Crippen LogP contribution in [0.25, 0.3) is 0 Å². The second-order valence-electron chi connectivity index (χ2n) is 8.48. The summed E-state index contributed by atoms with van der Waals surface area (Å²) in [6.07, 6.45) is 16.4. The third kappa shape index (κ3) is 11.3. The lowest BCUT2D eigenvalue weighted by Crippen LogP contribution is -2.21. The highest BCUT2D eigenvalue weighted by Gasteiger charge is 2.03. The summed E-state index contributed by atoms with van der Waals surface area (Å²) in [5.41, 5.74) is 2.48. The highest BCUT2D eigenvalue weighted by Crippen LogP contribution is 2.15. The molecule has 0 unspecified atom stereocenters. The number of pyridine rings is 1. The number of benzene rings is 1. The molecule has 1 aromatic heterocycles. The van der Waals surface area contributed by atoms with Crippen molar-refractivity contribution >= 4 is 0 Å². The maximum absolute atomic E-state index is 5.92. The Labute approximate surface area is 184 Å². The molecule has 30 heavy (non-hydrogen) atoms. The van der Waals surface area contributed by atoms with Crippen LogP contribution in [0.5, 0.6) is 5.75 Å². The van der Waals surface area contributed by atoms with Gasteiger partial charge in [0.15, 0.2) is 0 Å². The molecule has 1 heterocycles. The van der Waals surface area contributed by atoms with Crippen molar-refractivity contribution in [3.8, 4) is 5.75 Å². The van der Waals surface area contributed by atoms with Crippen LogP contribution in [0.4, 0.5) is 0 Å². The quantitative estimate of drug-likeness (QED) is 0.261.